The number of imidazole rings is 1. The Morgan fingerprint density at radius 1 is 1.10 bits per heavy atom. The van der Waals surface area contributed by atoms with Crippen LogP contribution in [-0.4, -0.2) is 70.0 Å². The van der Waals surface area contributed by atoms with Crippen LogP contribution < -0.4 is 26.8 Å². The van der Waals surface area contributed by atoms with Crippen LogP contribution in [0.2, 0.25) is 0 Å². The molecule has 0 radical (unpaired) electrons. The van der Waals surface area contributed by atoms with Crippen molar-refractivity contribution in [3.05, 3.63) is 46.9 Å². The lowest BCUT2D eigenvalue weighted by Crippen LogP contribution is -2.46. The average molecular weight is 560 g/mol. The Morgan fingerprint density at radius 3 is 2.45 bits per heavy atom. The number of rotatable bonds is 16. The number of nitrogens with zero attached hydrogens (tertiary/aromatic N) is 3. The summed E-state index contributed by atoms with van der Waals surface area (Å²) in [5, 5.41) is 10.1. The number of aryl methyl sites for hydroxylation is 1. The highest BCUT2D eigenvalue weighted by Crippen LogP contribution is 2.08. The minimum Gasteiger partial charge on any atom is -0.364 e. The number of amides is 4. The van der Waals surface area contributed by atoms with Crippen LogP contribution >= 0.6 is 0 Å². The van der Waals surface area contributed by atoms with E-state index in [0.717, 1.165) is 17.4 Å². The van der Waals surface area contributed by atoms with Crippen LogP contribution in [0.5, 0.6) is 0 Å². The molecule has 0 saturated heterocycles. The number of hydrogen-bond donors (Lipinski definition) is 4. The molecule has 14 heteroatoms. The molecular weight excluding hydrogens is 522 g/mol. The largest absolute Gasteiger partial charge is 0.364 e. The Hall–Kier alpha value is -4.33. The molecule has 40 heavy (non-hydrogen) atoms. The fraction of sp³-hybridized carbons (Fsp3) is 0.500. The number of ketones is 1. The number of nitrogens with one attached hydrogen (secondary N) is 4. The number of aromatic nitrogens is 3. The second-order valence-corrected chi connectivity index (χ2v) is 9.15. The van der Waals surface area contributed by atoms with Crippen LogP contribution in [0.1, 0.15) is 50.0 Å². The first-order valence-electron chi connectivity index (χ1n) is 12.9. The van der Waals surface area contributed by atoms with Crippen molar-refractivity contribution in [3.63, 3.8) is 0 Å². The van der Waals surface area contributed by atoms with Gasteiger partial charge in [0.1, 0.15) is 30.7 Å². The van der Waals surface area contributed by atoms with Crippen LogP contribution in [-0.2, 0) is 37.5 Å². The topological polar surface area (TPSA) is 183 Å². The summed E-state index contributed by atoms with van der Waals surface area (Å²) < 4.78 is 7.31. The minimum absolute atomic E-state index is 0.121. The van der Waals surface area contributed by atoms with E-state index in [1.807, 2.05) is 13.8 Å². The van der Waals surface area contributed by atoms with Gasteiger partial charge in [0.2, 0.25) is 17.6 Å². The molecule has 0 aliphatic rings. The SMILES string of the molecule is CCC(CC)CNC(=O)Cn1cccc(NC(=O)C(CCC(=O)C(=O)NCOC)NC(=O)c2cncn2C)c1=O. The van der Waals surface area contributed by atoms with Crippen molar-refractivity contribution in [1.82, 2.24) is 30.1 Å². The maximum absolute atomic E-state index is 13.2. The van der Waals surface area contributed by atoms with Gasteiger partial charge < -0.3 is 35.1 Å². The third-order valence-corrected chi connectivity index (χ3v) is 6.30. The Labute approximate surface area is 231 Å². The molecule has 0 fully saturated rings. The normalized spacial score (nSPS) is 11.5. The first-order chi connectivity index (χ1) is 19.1. The summed E-state index contributed by atoms with van der Waals surface area (Å²) in [6.07, 6.45) is 5.37. The maximum Gasteiger partial charge on any atom is 0.289 e. The molecule has 0 saturated carbocycles. The van der Waals surface area contributed by atoms with Gasteiger partial charge in [0.05, 0.1) is 12.5 Å². The molecule has 0 aliphatic heterocycles. The highest BCUT2D eigenvalue weighted by molar-refractivity contribution is 6.36. The first-order valence-corrected chi connectivity index (χ1v) is 12.9. The Bertz CT molecular complexity index is 1250. The maximum atomic E-state index is 13.2. The average Bonchev–Trinajstić information content (AvgIpc) is 3.37. The van der Waals surface area contributed by atoms with Crippen molar-refractivity contribution in [2.45, 2.75) is 52.1 Å². The molecular formula is C26H37N7O7. The standard InChI is InChI=1S/C26H37N7O7/c1-5-17(6-2)12-28-22(35)14-33-11-7-8-19(26(33)39)31-23(36)18(9-10-21(34)25(38)29-16-40-4)30-24(37)20-13-27-15-32(20)3/h7-8,11,13,15,17-18H,5-6,9-10,12,14,16H2,1-4H3,(H,28,35)(H,29,38)(H,30,37)(H,31,36). The van der Waals surface area contributed by atoms with E-state index in [1.165, 1.54) is 42.5 Å². The van der Waals surface area contributed by atoms with Crippen molar-refractivity contribution in [3.8, 4) is 0 Å². The third kappa shape index (κ3) is 9.45. The predicted octanol–water partition coefficient (Wildman–Crippen LogP) is -0.0593. The third-order valence-electron chi connectivity index (χ3n) is 6.30. The van der Waals surface area contributed by atoms with Crippen molar-refractivity contribution in [1.29, 1.82) is 0 Å². The van der Waals surface area contributed by atoms with Gasteiger partial charge in [-0.1, -0.05) is 26.7 Å². The number of methoxy groups -OCH3 is 1. The zero-order valence-electron chi connectivity index (χ0n) is 23.2. The van der Waals surface area contributed by atoms with Gasteiger partial charge in [-0.2, -0.15) is 0 Å². The summed E-state index contributed by atoms with van der Waals surface area (Å²) in [6, 6.07) is 1.58. The van der Waals surface area contributed by atoms with Crippen molar-refractivity contribution >= 4 is 35.1 Å². The van der Waals surface area contributed by atoms with E-state index in [-0.39, 0.29) is 43.4 Å². The number of pyridine rings is 1. The summed E-state index contributed by atoms with van der Waals surface area (Å²) in [4.78, 5) is 79.3. The molecule has 2 rings (SSSR count). The molecule has 1 unspecified atom stereocenters. The zero-order chi connectivity index (χ0) is 29.7. The van der Waals surface area contributed by atoms with Gasteiger partial charge in [-0.25, -0.2) is 4.98 Å². The van der Waals surface area contributed by atoms with Crippen molar-refractivity contribution in [2.75, 3.05) is 25.7 Å². The van der Waals surface area contributed by atoms with E-state index < -0.39 is 35.1 Å². The monoisotopic (exact) mass is 559 g/mol. The number of ether oxygens (including phenoxy) is 1. The summed E-state index contributed by atoms with van der Waals surface area (Å²) in [5.74, 6) is -3.14. The molecule has 0 aromatic carbocycles. The number of anilines is 1. The lowest BCUT2D eigenvalue weighted by Gasteiger charge is -2.18. The minimum atomic E-state index is -1.28. The summed E-state index contributed by atoms with van der Waals surface area (Å²) in [5.41, 5.74) is -0.590. The van der Waals surface area contributed by atoms with Crippen LogP contribution in [0, 0.1) is 5.92 Å². The summed E-state index contributed by atoms with van der Waals surface area (Å²) in [6.45, 7) is 4.17. The highest BCUT2D eigenvalue weighted by atomic mass is 16.5. The van der Waals surface area contributed by atoms with Crippen LogP contribution in [0.3, 0.4) is 0 Å². The first kappa shape index (κ1) is 31.9. The van der Waals surface area contributed by atoms with Gasteiger partial charge in [-0.15, -0.1) is 0 Å². The van der Waals surface area contributed by atoms with E-state index in [1.54, 1.807) is 7.05 Å². The van der Waals surface area contributed by atoms with Gasteiger partial charge in [-0.05, 0) is 24.5 Å². The molecule has 0 aliphatic carbocycles. The highest BCUT2D eigenvalue weighted by Gasteiger charge is 2.26. The quantitative estimate of drug-likeness (QED) is 0.163. The number of Topliss-reactive ketones (excluding diaryl/α,β-unsaturated/α-hetero) is 1. The van der Waals surface area contributed by atoms with Crippen LogP contribution in [0.4, 0.5) is 5.69 Å². The molecule has 218 valence electrons. The zero-order valence-corrected chi connectivity index (χ0v) is 23.2. The molecule has 14 nitrogen and oxygen atoms in total. The number of carbonyl (C=O) groups excluding carboxylic acids is 5. The fourth-order valence-corrected chi connectivity index (χ4v) is 3.72. The van der Waals surface area contributed by atoms with Gasteiger partial charge >= 0.3 is 0 Å². The van der Waals surface area contributed by atoms with Gasteiger partial charge in [0.25, 0.3) is 17.4 Å². The molecule has 1 atom stereocenters. The van der Waals surface area contributed by atoms with Crippen LogP contribution in [0.15, 0.2) is 35.6 Å². The lowest BCUT2D eigenvalue weighted by molar-refractivity contribution is -0.139. The Balaban J connectivity index is 2.16. The van der Waals surface area contributed by atoms with Crippen molar-refractivity contribution < 1.29 is 28.7 Å². The second-order valence-electron chi connectivity index (χ2n) is 9.15. The Morgan fingerprint density at radius 2 is 1.82 bits per heavy atom. The second kappa shape index (κ2) is 15.9. The summed E-state index contributed by atoms with van der Waals surface area (Å²) >= 11 is 0. The molecule has 4 N–H and O–H groups in total. The Kier molecular flexibility index (Phi) is 12.7. The van der Waals surface area contributed by atoms with E-state index in [4.69, 9.17) is 4.74 Å². The molecule has 4 amide bonds. The van der Waals surface area contributed by atoms with Crippen LogP contribution in [0.25, 0.3) is 0 Å². The molecule has 0 spiro atoms. The lowest BCUT2D eigenvalue weighted by atomic mass is 10.0. The molecule has 2 aromatic heterocycles. The number of hydrogen-bond acceptors (Lipinski definition) is 8. The molecule has 2 heterocycles. The van der Waals surface area contributed by atoms with E-state index in [0.29, 0.717) is 12.5 Å². The smallest absolute Gasteiger partial charge is 0.289 e. The number of carbonyl (C=O) groups is 5. The van der Waals surface area contributed by atoms with E-state index in [9.17, 15) is 28.8 Å². The predicted molar refractivity (Wildman–Crippen MR) is 145 cm³/mol. The van der Waals surface area contributed by atoms with Gasteiger partial charge in [-0.3, -0.25) is 28.8 Å². The molecule has 2 aromatic rings. The van der Waals surface area contributed by atoms with Crippen molar-refractivity contribution in [2.24, 2.45) is 13.0 Å². The fourth-order valence-electron chi connectivity index (χ4n) is 3.72. The van der Waals surface area contributed by atoms with Gasteiger partial charge in [0.15, 0.2) is 0 Å². The van der Waals surface area contributed by atoms with Gasteiger partial charge in [0, 0.05) is 33.3 Å². The summed E-state index contributed by atoms with van der Waals surface area (Å²) in [7, 11) is 2.94. The van der Waals surface area contributed by atoms with E-state index >= 15 is 0 Å². The van der Waals surface area contributed by atoms with E-state index in [2.05, 4.69) is 26.3 Å². The molecule has 0 bridgehead atoms.